The molecule has 25 heavy (non-hydrogen) atoms. The Hall–Kier alpha value is -2.31. The summed E-state index contributed by atoms with van der Waals surface area (Å²) in [6.07, 6.45) is 3.70. The standard InChI is InChI=1S/C22H26N2O/c1-17-4-5-18(2)24(17)14-3-15-25-22-12-10-21(11-13-22)20-8-6-19(16-23)7-9-20/h6-13,17-18H,3-5,14-15H2,1-2H3/t17-,18-/m1/s1. The van der Waals surface area contributed by atoms with E-state index < -0.39 is 0 Å². The van der Waals surface area contributed by atoms with E-state index in [0.717, 1.165) is 36.4 Å². The van der Waals surface area contributed by atoms with Gasteiger partial charge >= 0.3 is 0 Å². The number of nitrogens with zero attached hydrogens (tertiary/aromatic N) is 2. The summed E-state index contributed by atoms with van der Waals surface area (Å²) in [4.78, 5) is 2.59. The van der Waals surface area contributed by atoms with Crippen molar-refractivity contribution in [3.63, 3.8) is 0 Å². The second-order valence-corrected chi connectivity index (χ2v) is 6.93. The zero-order chi connectivity index (χ0) is 17.6. The Morgan fingerprint density at radius 1 is 0.960 bits per heavy atom. The van der Waals surface area contributed by atoms with Crippen LogP contribution in [0.4, 0.5) is 0 Å². The van der Waals surface area contributed by atoms with E-state index in [0.29, 0.717) is 17.6 Å². The molecule has 0 aliphatic carbocycles. The van der Waals surface area contributed by atoms with Gasteiger partial charge in [-0.1, -0.05) is 24.3 Å². The van der Waals surface area contributed by atoms with Gasteiger partial charge in [0.25, 0.3) is 0 Å². The molecule has 0 amide bonds. The fraction of sp³-hybridized carbons (Fsp3) is 0.409. The van der Waals surface area contributed by atoms with E-state index in [4.69, 9.17) is 10.00 Å². The van der Waals surface area contributed by atoms with E-state index in [1.165, 1.54) is 12.8 Å². The first-order chi connectivity index (χ1) is 12.2. The molecule has 0 saturated carbocycles. The predicted octanol–water partition coefficient (Wildman–Crippen LogP) is 4.87. The highest BCUT2D eigenvalue weighted by atomic mass is 16.5. The summed E-state index contributed by atoms with van der Waals surface area (Å²) in [5.41, 5.74) is 2.93. The largest absolute Gasteiger partial charge is 0.494 e. The summed E-state index contributed by atoms with van der Waals surface area (Å²) >= 11 is 0. The quantitative estimate of drug-likeness (QED) is 0.707. The van der Waals surface area contributed by atoms with Gasteiger partial charge in [-0.2, -0.15) is 5.26 Å². The Balaban J connectivity index is 1.48. The third kappa shape index (κ3) is 4.41. The molecule has 1 aliphatic heterocycles. The average Bonchev–Trinajstić information content (AvgIpc) is 2.97. The third-order valence-corrected chi connectivity index (χ3v) is 5.17. The number of hydrogen-bond acceptors (Lipinski definition) is 3. The van der Waals surface area contributed by atoms with Crippen LogP contribution in [-0.4, -0.2) is 30.1 Å². The summed E-state index contributed by atoms with van der Waals surface area (Å²) in [6.45, 7) is 6.52. The summed E-state index contributed by atoms with van der Waals surface area (Å²) in [6, 6.07) is 19.4. The summed E-state index contributed by atoms with van der Waals surface area (Å²) in [7, 11) is 0. The molecule has 0 N–H and O–H groups in total. The smallest absolute Gasteiger partial charge is 0.119 e. The van der Waals surface area contributed by atoms with Crippen molar-refractivity contribution >= 4 is 0 Å². The molecule has 1 saturated heterocycles. The van der Waals surface area contributed by atoms with Crippen LogP contribution in [0.25, 0.3) is 11.1 Å². The maximum absolute atomic E-state index is 8.87. The Morgan fingerprint density at radius 2 is 1.52 bits per heavy atom. The zero-order valence-corrected chi connectivity index (χ0v) is 15.1. The first-order valence-electron chi connectivity index (χ1n) is 9.16. The van der Waals surface area contributed by atoms with E-state index in [9.17, 15) is 0 Å². The first-order valence-corrected chi connectivity index (χ1v) is 9.16. The van der Waals surface area contributed by atoms with Gasteiger partial charge in [-0.3, -0.25) is 4.90 Å². The molecule has 0 spiro atoms. The van der Waals surface area contributed by atoms with E-state index in [-0.39, 0.29) is 0 Å². The number of hydrogen-bond donors (Lipinski definition) is 0. The highest BCUT2D eigenvalue weighted by Gasteiger charge is 2.26. The van der Waals surface area contributed by atoms with Gasteiger partial charge in [0.05, 0.1) is 18.2 Å². The molecule has 0 unspecified atom stereocenters. The van der Waals surface area contributed by atoms with Crippen LogP contribution in [0.1, 0.15) is 38.7 Å². The van der Waals surface area contributed by atoms with E-state index in [2.05, 4.69) is 36.9 Å². The molecular formula is C22H26N2O. The Kier molecular flexibility index (Phi) is 5.73. The fourth-order valence-corrected chi connectivity index (χ4v) is 3.61. The van der Waals surface area contributed by atoms with Crippen molar-refractivity contribution in [3.8, 4) is 22.9 Å². The number of benzene rings is 2. The predicted molar refractivity (Wildman–Crippen MR) is 102 cm³/mol. The molecule has 3 nitrogen and oxygen atoms in total. The van der Waals surface area contributed by atoms with Gasteiger partial charge in [-0.05, 0) is 68.5 Å². The molecule has 2 atom stereocenters. The van der Waals surface area contributed by atoms with E-state index >= 15 is 0 Å². The van der Waals surface area contributed by atoms with Crippen LogP contribution in [-0.2, 0) is 0 Å². The van der Waals surface area contributed by atoms with Crippen molar-refractivity contribution < 1.29 is 4.74 Å². The highest BCUT2D eigenvalue weighted by Crippen LogP contribution is 2.24. The summed E-state index contributed by atoms with van der Waals surface area (Å²) in [5, 5.41) is 8.87. The lowest BCUT2D eigenvalue weighted by atomic mass is 10.0. The molecule has 2 aromatic carbocycles. The van der Waals surface area contributed by atoms with Crippen molar-refractivity contribution in [2.24, 2.45) is 0 Å². The lowest BCUT2D eigenvalue weighted by Crippen LogP contribution is -2.34. The van der Waals surface area contributed by atoms with E-state index in [1.807, 2.05) is 36.4 Å². The molecule has 3 heteroatoms. The lowest BCUT2D eigenvalue weighted by molar-refractivity contribution is 0.191. The SMILES string of the molecule is C[C@@H]1CC[C@@H](C)N1CCCOc1ccc(-c2ccc(C#N)cc2)cc1. The minimum atomic E-state index is 0.686. The van der Waals surface area contributed by atoms with Crippen LogP contribution in [0.15, 0.2) is 48.5 Å². The normalized spacial score (nSPS) is 20.4. The van der Waals surface area contributed by atoms with Crippen LogP contribution in [0.3, 0.4) is 0 Å². The Labute approximate surface area is 150 Å². The summed E-state index contributed by atoms with van der Waals surface area (Å²) in [5.74, 6) is 0.917. The van der Waals surface area contributed by atoms with Crippen LogP contribution in [0.2, 0.25) is 0 Å². The molecule has 0 radical (unpaired) electrons. The Bertz CT molecular complexity index is 705. The number of rotatable bonds is 6. The Morgan fingerprint density at radius 3 is 2.08 bits per heavy atom. The molecule has 0 bridgehead atoms. The summed E-state index contributed by atoms with van der Waals surface area (Å²) < 4.78 is 5.89. The van der Waals surface area contributed by atoms with Crippen molar-refractivity contribution in [1.29, 1.82) is 5.26 Å². The average molecular weight is 334 g/mol. The molecular weight excluding hydrogens is 308 g/mol. The molecule has 0 aromatic heterocycles. The van der Waals surface area contributed by atoms with E-state index in [1.54, 1.807) is 0 Å². The minimum absolute atomic E-state index is 0.686. The maximum atomic E-state index is 8.87. The van der Waals surface area contributed by atoms with Gasteiger partial charge < -0.3 is 4.74 Å². The van der Waals surface area contributed by atoms with Crippen molar-refractivity contribution in [1.82, 2.24) is 4.90 Å². The molecule has 1 aliphatic rings. The van der Waals surface area contributed by atoms with Gasteiger partial charge in [0.15, 0.2) is 0 Å². The fourth-order valence-electron chi connectivity index (χ4n) is 3.61. The first kappa shape index (κ1) is 17.5. The van der Waals surface area contributed by atoms with Crippen molar-refractivity contribution in [3.05, 3.63) is 54.1 Å². The van der Waals surface area contributed by atoms with Crippen LogP contribution in [0.5, 0.6) is 5.75 Å². The maximum Gasteiger partial charge on any atom is 0.119 e. The lowest BCUT2D eigenvalue weighted by Gasteiger charge is -2.25. The van der Waals surface area contributed by atoms with Gasteiger partial charge in [0, 0.05) is 18.6 Å². The minimum Gasteiger partial charge on any atom is -0.494 e. The van der Waals surface area contributed by atoms with Gasteiger partial charge in [-0.15, -0.1) is 0 Å². The topological polar surface area (TPSA) is 36.3 Å². The second-order valence-electron chi connectivity index (χ2n) is 6.93. The molecule has 1 fully saturated rings. The number of nitriles is 1. The van der Waals surface area contributed by atoms with Crippen molar-refractivity contribution in [2.75, 3.05) is 13.2 Å². The van der Waals surface area contributed by atoms with Crippen LogP contribution >= 0.6 is 0 Å². The molecule has 1 heterocycles. The number of likely N-dealkylation sites (tertiary alicyclic amines) is 1. The monoisotopic (exact) mass is 334 g/mol. The van der Waals surface area contributed by atoms with Crippen LogP contribution in [0, 0.1) is 11.3 Å². The zero-order valence-electron chi connectivity index (χ0n) is 15.1. The number of ether oxygens (including phenoxy) is 1. The molecule has 2 aromatic rings. The van der Waals surface area contributed by atoms with Crippen molar-refractivity contribution in [2.45, 2.75) is 45.2 Å². The van der Waals surface area contributed by atoms with Gasteiger partial charge in [0.1, 0.15) is 5.75 Å². The molecule has 3 rings (SSSR count). The van der Waals surface area contributed by atoms with Crippen LogP contribution < -0.4 is 4.74 Å². The molecule has 130 valence electrons. The van der Waals surface area contributed by atoms with Gasteiger partial charge in [-0.25, -0.2) is 0 Å². The highest BCUT2D eigenvalue weighted by molar-refractivity contribution is 5.64. The van der Waals surface area contributed by atoms with Gasteiger partial charge in [0.2, 0.25) is 0 Å². The third-order valence-electron chi connectivity index (χ3n) is 5.17. The second kappa shape index (κ2) is 8.18.